The summed E-state index contributed by atoms with van der Waals surface area (Å²) in [6.07, 6.45) is 11.5. The molecule has 4 N–H and O–H groups in total. The van der Waals surface area contributed by atoms with Crippen molar-refractivity contribution >= 4 is 44.0 Å². The third-order valence-corrected chi connectivity index (χ3v) is 17.9. The maximum atomic E-state index is 14.1. The number of piperazine rings is 1. The van der Waals surface area contributed by atoms with Crippen LogP contribution in [0.5, 0.6) is 11.5 Å². The van der Waals surface area contributed by atoms with E-state index in [0.717, 1.165) is 101 Å². The van der Waals surface area contributed by atoms with Crippen molar-refractivity contribution in [1.29, 1.82) is 0 Å². The summed E-state index contributed by atoms with van der Waals surface area (Å²) in [6.45, 7) is 14.7. The van der Waals surface area contributed by atoms with Gasteiger partial charge in [0, 0.05) is 87.3 Å². The van der Waals surface area contributed by atoms with Crippen LogP contribution in [-0.4, -0.2) is 95.0 Å². The molecule has 16 heteroatoms. The van der Waals surface area contributed by atoms with Crippen molar-refractivity contribution in [3.63, 3.8) is 0 Å². The third-order valence-electron chi connectivity index (χ3n) is 16.6. The summed E-state index contributed by atoms with van der Waals surface area (Å²) < 4.78 is 36.3. The molecule has 10 rings (SSSR count). The highest BCUT2D eigenvalue weighted by Crippen LogP contribution is 2.53. The number of aromatic amines is 1. The number of benzene rings is 4. The van der Waals surface area contributed by atoms with E-state index in [4.69, 9.17) is 4.74 Å². The first kappa shape index (κ1) is 51.2. The molecule has 2 saturated heterocycles. The van der Waals surface area contributed by atoms with Crippen LogP contribution in [0.2, 0.25) is 0 Å². The van der Waals surface area contributed by atoms with Gasteiger partial charge in [0.1, 0.15) is 22.8 Å². The molecule has 74 heavy (non-hydrogen) atoms. The summed E-state index contributed by atoms with van der Waals surface area (Å²) in [6, 6.07) is 31.4. The molecule has 2 saturated carbocycles. The van der Waals surface area contributed by atoms with Crippen LogP contribution in [-0.2, 0) is 23.0 Å². The number of amides is 1. The zero-order valence-electron chi connectivity index (χ0n) is 43.1. The maximum absolute atomic E-state index is 14.1. The second kappa shape index (κ2) is 21.1. The number of H-pyrrole nitrogens is 1. The molecule has 4 fully saturated rings. The number of nitro benzene ring substituents is 1. The summed E-state index contributed by atoms with van der Waals surface area (Å²) in [5.41, 5.74) is 6.39. The van der Waals surface area contributed by atoms with E-state index in [9.17, 15) is 28.4 Å². The quantitative estimate of drug-likeness (QED) is 0.0532. The minimum atomic E-state index is -4.58. The SMILES string of the molecule is CCc1ccc(CN2CCN(C3CC4(CCN(c5ccc(C(=O)NS(=O)(=O)c6ccc(NCC7CCC(C)(O)CC7)c([N+](=O)[O-])c6)c(Oc6cnc7[nH]ccc7c6)c5)CC4)C3)C(c3ccccc3C(C)C)C2)cc1. The number of aryl methyl sites for hydroxylation is 1. The van der Waals surface area contributed by atoms with E-state index in [1.54, 1.807) is 30.6 Å². The van der Waals surface area contributed by atoms with Crippen molar-refractivity contribution in [2.75, 3.05) is 49.5 Å². The summed E-state index contributed by atoms with van der Waals surface area (Å²) >= 11 is 0. The second-order valence-electron chi connectivity index (χ2n) is 22.1. The topological polar surface area (TPSA) is 186 Å². The summed E-state index contributed by atoms with van der Waals surface area (Å²) in [5, 5.41) is 26.5. The highest BCUT2D eigenvalue weighted by molar-refractivity contribution is 7.90. The average Bonchev–Trinajstić information content (AvgIpc) is 3.86. The average molecular weight is 1020 g/mol. The van der Waals surface area contributed by atoms with E-state index < -0.39 is 37.0 Å². The zero-order chi connectivity index (χ0) is 51.8. The van der Waals surface area contributed by atoms with Crippen LogP contribution in [0.15, 0.2) is 114 Å². The van der Waals surface area contributed by atoms with E-state index >= 15 is 0 Å². The number of hydrogen-bond acceptors (Lipinski definition) is 12. The summed E-state index contributed by atoms with van der Waals surface area (Å²) in [5.74, 6) is 0.199. The van der Waals surface area contributed by atoms with Gasteiger partial charge in [-0.25, -0.2) is 18.1 Å². The Bertz CT molecular complexity index is 3100. The van der Waals surface area contributed by atoms with Crippen molar-refractivity contribution < 1.29 is 28.0 Å². The highest BCUT2D eigenvalue weighted by Gasteiger charge is 2.50. The smallest absolute Gasteiger partial charge is 0.293 e. The van der Waals surface area contributed by atoms with Crippen LogP contribution in [0.4, 0.5) is 17.1 Å². The van der Waals surface area contributed by atoms with Gasteiger partial charge in [0.15, 0.2) is 0 Å². The fraction of sp³-hybridized carbons (Fsp3) is 0.448. The van der Waals surface area contributed by atoms with E-state index in [-0.39, 0.29) is 28.3 Å². The van der Waals surface area contributed by atoms with Gasteiger partial charge in [-0.1, -0.05) is 69.3 Å². The Kier molecular flexibility index (Phi) is 14.6. The molecule has 2 aliphatic heterocycles. The number of hydrogen-bond donors (Lipinski definition) is 4. The number of fused-ring (bicyclic) bond motifs is 1. The van der Waals surface area contributed by atoms with Gasteiger partial charge < -0.3 is 25.0 Å². The number of aliphatic hydroxyl groups is 1. The molecule has 15 nitrogen and oxygen atoms in total. The van der Waals surface area contributed by atoms with Gasteiger partial charge >= 0.3 is 0 Å². The van der Waals surface area contributed by atoms with Gasteiger partial charge in [-0.05, 0) is 141 Å². The molecule has 6 aromatic rings. The molecule has 2 aromatic heterocycles. The normalized spacial score (nSPS) is 21.7. The summed E-state index contributed by atoms with van der Waals surface area (Å²) in [4.78, 5) is 40.6. The number of piperidine rings is 1. The number of nitrogens with one attached hydrogen (secondary N) is 3. The first-order chi connectivity index (χ1) is 35.5. The molecule has 1 unspecified atom stereocenters. The predicted octanol–water partition coefficient (Wildman–Crippen LogP) is 10.7. The molecular weight excluding hydrogens is 953 g/mol. The number of carbonyl (C=O) groups excluding carboxylic acids is 1. The van der Waals surface area contributed by atoms with Gasteiger partial charge in [0.2, 0.25) is 0 Å². The Hall–Kier alpha value is -6.33. The van der Waals surface area contributed by atoms with Crippen molar-refractivity contribution in [2.45, 2.75) is 121 Å². The van der Waals surface area contributed by atoms with Crippen LogP contribution in [0.1, 0.15) is 124 Å². The first-order valence-electron chi connectivity index (χ1n) is 26.5. The molecular formula is C58H70N8O7S. The Morgan fingerprint density at radius 2 is 1.68 bits per heavy atom. The number of ether oxygens (including phenoxy) is 1. The Morgan fingerprint density at radius 1 is 0.932 bits per heavy atom. The molecule has 390 valence electrons. The van der Waals surface area contributed by atoms with Crippen LogP contribution in [0, 0.1) is 21.4 Å². The monoisotopic (exact) mass is 1020 g/mol. The van der Waals surface area contributed by atoms with Crippen LogP contribution < -0.4 is 19.7 Å². The fourth-order valence-electron chi connectivity index (χ4n) is 12.1. The van der Waals surface area contributed by atoms with E-state index in [2.05, 4.69) is 104 Å². The van der Waals surface area contributed by atoms with Gasteiger partial charge in [-0.2, -0.15) is 0 Å². The molecule has 1 spiro atoms. The lowest BCUT2D eigenvalue weighted by Gasteiger charge is -2.58. The largest absolute Gasteiger partial charge is 0.455 e. The fourth-order valence-corrected chi connectivity index (χ4v) is 13.1. The Labute approximate surface area is 434 Å². The lowest BCUT2D eigenvalue weighted by Crippen LogP contribution is -2.60. The lowest BCUT2D eigenvalue weighted by atomic mass is 9.59. The number of carbonyl (C=O) groups is 1. The summed E-state index contributed by atoms with van der Waals surface area (Å²) in [7, 11) is -4.58. The number of sulfonamides is 1. The molecule has 1 atom stereocenters. The van der Waals surface area contributed by atoms with E-state index in [1.807, 2.05) is 19.1 Å². The molecule has 2 aliphatic carbocycles. The first-order valence-corrected chi connectivity index (χ1v) is 28.0. The van der Waals surface area contributed by atoms with Gasteiger partial charge in [0.25, 0.3) is 21.6 Å². The molecule has 4 aliphatic rings. The molecule has 0 bridgehead atoms. The number of pyridine rings is 1. The number of anilines is 2. The Morgan fingerprint density at radius 3 is 2.41 bits per heavy atom. The Balaban J connectivity index is 0.830. The maximum Gasteiger partial charge on any atom is 0.293 e. The molecule has 4 aromatic carbocycles. The number of rotatable bonds is 16. The van der Waals surface area contributed by atoms with Crippen molar-refractivity contribution in [3.8, 4) is 11.5 Å². The van der Waals surface area contributed by atoms with E-state index in [0.29, 0.717) is 48.8 Å². The van der Waals surface area contributed by atoms with Crippen LogP contribution >= 0.6 is 0 Å². The number of aromatic nitrogens is 2. The molecule has 0 radical (unpaired) electrons. The van der Waals surface area contributed by atoms with Crippen LogP contribution in [0.3, 0.4) is 0 Å². The van der Waals surface area contributed by atoms with Crippen molar-refractivity contribution in [2.24, 2.45) is 11.3 Å². The van der Waals surface area contributed by atoms with Crippen molar-refractivity contribution in [3.05, 3.63) is 147 Å². The lowest BCUT2D eigenvalue weighted by molar-refractivity contribution is -0.384. The van der Waals surface area contributed by atoms with Gasteiger partial charge in [-0.3, -0.25) is 24.7 Å². The second-order valence-corrected chi connectivity index (χ2v) is 23.7. The molecule has 1 amide bonds. The van der Waals surface area contributed by atoms with Crippen molar-refractivity contribution in [1.82, 2.24) is 24.5 Å². The van der Waals surface area contributed by atoms with Gasteiger partial charge in [0.05, 0.1) is 27.2 Å². The minimum Gasteiger partial charge on any atom is -0.455 e. The number of nitrogens with zero attached hydrogens (tertiary/aromatic N) is 5. The zero-order valence-corrected chi connectivity index (χ0v) is 43.9. The number of nitro groups is 1. The third kappa shape index (κ3) is 11.2. The van der Waals surface area contributed by atoms with Crippen LogP contribution in [0.25, 0.3) is 11.0 Å². The predicted molar refractivity (Wildman–Crippen MR) is 289 cm³/mol. The minimum absolute atomic E-state index is 0.0239. The van der Waals surface area contributed by atoms with E-state index in [1.165, 1.54) is 34.4 Å². The standard InChI is InChI=1S/C58H70N8O7S/c1-5-40-10-12-42(13-11-40)37-63-28-29-65(53(38-63)49-9-7-6-8-48(49)39(2)3)45-33-58(34-45)23-26-64(27-24-58)44-14-16-50(54(31-44)73-46-30-43-20-25-59-55(43)61-36-46)56(67)62-74(71,72)47-15-17-51(52(32-47)66(69)70)60-35-41-18-21-57(4,68)22-19-41/h6-17,20,25,30-32,36,39,41,45,53,60,68H,5,18-19,21-24,26-29,33-35,37-38H2,1-4H3,(H,59,61)(H,62,67). The highest BCUT2D eigenvalue weighted by atomic mass is 32.2. The molecule has 4 heterocycles. The van der Waals surface area contributed by atoms with Gasteiger partial charge in [-0.15, -0.1) is 0 Å².